The quantitative estimate of drug-likeness (QED) is 0.124. The number of rotatable bonds is 13. The molecule has 3 rings (SSSR count). The molecule has 0 amide bonds. The minimum atomic E-state index is -4.40. The van der Waals surface area contributed by atoms with Gasteiger partial charge >= 0.3 is 12.1 Å². The maximum absolute atomic E-state index is 12.9. The Bertz CT molecular complexity index is 1260. The molecule has 39 heavy (non-hydrogen) atoms. The first-order valence-electron chi connectivity index (χ1n) is 13.9. The van der Waals surface area contributed by atoms with E-state index in [9.17, 15) is 18.0 Å². The third kappa shape index (κ3) is 10.1. The van der Waals surface area contributed by atoms with E-state index in [1.807, 2.05) is 36.4 Å². The molecule has 3 aromatic rings. The second-order valence-electron chi connectivity index (χ2n) is 9.92. The summed E-state index contributed by atoms with van der Waals surface area (Å²) in [6.45, 7) is 3.99. The van der Waals surface area contributed by atoms with Crippen molar-refractivity contribution in [3.63, 3.8) is 0 Å². The third-order valence-electron chi connectivity index (χ3n) is 6.64. The number of alkyl halides is 3. The Labute approximate surface area is 230 Å². The highest BCUT2D eigenvalue weighted by atomic mass is 19.4. The minimum Gasteiger partial charge on any atom is -0.368 e. The second kappa shape index (κ2) is 15.3. The Kier molecular flexibility index (Phi) is 11.9. The molecule has 0 aliphatic rings. The highest BCUT2D eigenvalue weighted by Gasteiger charge is 2.30. The minimum absolute atomic E-state index is 0.159. The van der Waals surface area contributed by atoms with E-state index < -0.39 is 17.7 Å². The van der Waals surface area contributed by atoms with Crippen LogP contribution in [0.4, 0.5) is 13.2 Å². The van der Waals surface area contributed by atoms with Crippen molar-refractivity contribution in [3.8, 4) is 11.8 Å². The molecule has 3 nitrogen and oxygen atoms in total. The van der Waals surface area contributed by atoms with Crippen LogP contribution >= 0.6 is 0 Å². The molecule has 0 atom stereocenters. The van der Waals surface area contributed by atoms with E-state index in [2.05, 4.69) is 18.8 Å². The number of nitrogens with zero attached hydrogens (tertiary/aromatic N) is 1. The predicted octanol–water partition coefficient (Wildman–Crippen LogP) is 9.22. The Morgan fingerprint density at radius 3 is 2.10 bits per heavy atom. The molecule has 0 bridgehead atoms. The first-order valence-corrected chi connectivity index (χ1v) is 13.9. The SMILES string of the molecule is CCCCCCCCCCC#Cc1ccc(CN(Cc2ccc(C(F)(F)F)cc2)OC(C)=O)c2ccccc12. The zero-order valence-electron chi connectivity index (χ0n) is 22.9. The Hall–Kier alpha value is -3.30. The van der Waals surface area contributed by atoms with Crippen LogP contribution in [-0.2, 0) is 28.9 Å². The van der Waals surface area contributed by atoms with Gasteiger partial charge in [0.15, 0.2) is 0 Å². The van der Waals surface area contributed by atoms with Gasteiger partial charge in [0.1, 0.15) is 0 Å². The fraction of sp³-hybridized carbons (Fsp3) is 0.424. The van der Waals surface area contributed by atoms with Crippen molar-refractivity contribution >= 4 is 16.7 Å². The summed E-state index contributed by atoms with van der Waals surface area (Å²) in [5.41, 5.74) is 1.79. The van der Waals surface area contributed by atoms with Crippen LogP contribution in [0.5, 0.6) is 0 Å². The molecule has 0 saturated heterocycles. The lowest BCUT2D eigenvalue weighted by molar-refractivity contribution is -0.194. The van der Waals surface area contributed by atoms with Crippen molar-refractivity contribution in [1.82, 2.24) is 5.06 Å². The summed E-state index contributed by atoms with van der Waals surface area (Å²) in [7, 11) is 0. The van der Waals surface area contributed by atoms with Gasteiger partial charge in [-0.15, -0.1) is 5.06 Å². The summed E-state index contributed by atoms with van der Waals surface area (Å²) >= 11 is 0. The maximum Gasteiger partial charge on any atom is 0.416 e. The van der Waals surface area contributed by atoms with Gasteiger partial charge in [-0.3, -0.25) is 4.79 Å². The average molecular weight is 538 g/mol. The number of halogens is 3. The number of hydroxylamine groups is 2. The fourth-order valence-corrected chi connectivity index (χ4v) is 4.61. The molecule has 0 aliphatic carbocycles. The normalized spacial score (nSPS) is 11.4. The zero-order chi connectivity index (χ0) is 28.1. The van der Waals surface area contributed by atoms with E-state index in [0.29, 0.717) is 5.56 Å². The van der Waals surface area contributed by atoms with Crippen LogP contribution in [-0.4, -0.2) is 11.0 Å². The number of fused-ring (bicyclic) bond motifs is 1. The van der Waals surface area contributed by atoms with Gasteiger partial charge in [0.25, 0.3) is 0 Å². The van der Waals surface area contributed by atoms with E-state index in [1.54, 1.807) is 0 Å². The van der Waals surface area contributed by atoms with E-state index in [-0.39, 0.29) is 13.1 Å². The Morgan fingerprint density at radius 1 is 0.821 bits per heavy atom. The van der Waals surface area contributed by atoms with Gasteiger partial charge in [-0.1, -0.05) is 106 Å². The number of hydrogen-bond donors (Lipinski definition) is 0. The van der Waals surface area contributed by atoms with Crippen LogP contribution in [0.15, 0.2) is 60.7 Å². The van der Waals surface area contributed by atoms with Crippen LogP contribution in [0.2, 0.25) is 0 Å². The number of carbonyl (C=O) groups is 1. The van der Waals surface area contributed by atoms with Crippen molar-refractivity contribution in [1.29, 1.82) is 0 Å². The van der Waals surface area contributed by atoms with Crippen LogP contribution in [0.25, 0.3) is 10.8 Å². The molecule has 0 saturated carbocycles. The van der Waals surface area contributed by atoms with Gasteiger partial charge in [0.05, 0.1) is 18.7 Å². The lowest BCUT2D eigenvalue weighted by atomic mass is 9.99. The summed E-state index contributed by atoms with van der Waals surface area (Å²) in [5, 5.41) is 3.50. The summed E-state index contributed by atoms with van der Waals surface area (Å²) in [4.78, 5) is 17.2. The van der Waals surface area contributed by atoms with Gasteiger partial charge in [-0.05, 0) is 46.5 Å². The topological polar surface area (TPSA) is 29.5 Å². The van der Waals surface area contributed by atoms with E-state index in [4.69, 9.17) is 4.84 Å². The van der Waals surface area contributed by atoms with Crippen molar-refractivity contribution in [2.45, 2.75) is 90.9 Å². The van der Waals surface area contributed by atoms with Gasteiger partial charge in [-0.2, -0.15) is 13.2 Å². The van der Waals surface area contributed by atoms with Crippen molar-refractivity contribution in [3.05, 3.63) is 82.9 Å². The third-order valence-corrected chi connectivity index (χ3v) is 6.64. The van der Waals surface area contributed by atoms with Crippen LogP contribution in [0, 0.1) is 11.8 Å². The smallest absolute Gasteiger partial charge is 0.368 e. The van der Waals surface area contributed by atoms with E-state index >= 15 is 0 Å². The summed E-state index contributed by atoms with van der Waals surface area (Å²) in [5.74, 6) is 6.17. The zero-order valence-corrected chi connectivity index (χ0v) is 22.9. The molecule has 0 aliphatic heterocycles. The monoisotopic (exact) mass is 537 g/mol. The fourth-order valence-electron chi connectivity index (χ4n) is 4.61. The number of hydrogen-bond acceptors (Lipinski definition) is 3. The molecule has 3 aromatic carbocycles. The van der Waals surface area contributed by atoms with E-state index in [0.717, 1.165) is 46.9 Å². The number of carbonyl (C=O) groups excluding carboxylic acids is 1. The highest BCUT2D eigenvalue weighted by molar-refractivity contribution is 5.90. The molecule has 0 aromatic heterocycles. The Morgan fingerprint density at radius 2 is 1.46 bits per heavy atom. The maximum atomic E-state index is 12.9. The van der Waals surface area contributed by atoms with Crippen molar-refractivity contribution < 1.29 is 22.8 Å². The molecular weight excluding hydrogens is 499 g/mol. The first-order chi connectivity index (χ1) is 18.8. The molecule has 0 fully saturated rings. The summed E-state index contributed by atoms with van der Waals surface area (Å²) < 4.78 is 38.8. The molecule has 0 radical (unpaired) electrons. The van der Waals surface area contributed by atoms with Crippen LogP contribution in [0.3, 0.4) is 0 Å². The number of unbranched alkanes of at least 4 members (excludes halogenated alkanes) is 8. The lowest BCUT2D eigenvalue weighted by Gasteiger charge is -2.22. The van der Waals surface area contributed by atoms with Crippen molar-refractivity contribution in [2.75, 3.05) is 0 Å². The second-order valence-corrected chi connectivity index (χ2v) is 9.92. The largest absolute Gasteiger partial charge is 0.416 e. The standard InChI is InChI=1S/C33H38F3NO2/c1-3-4-5-6-7-8-9-10-11-12-15-28-20-21-29(32-17-14-13-16-31(28)32)25-37(39-26(2)38)24-27-18-22-30(23-19-27)33(34,35)36/h13-14,16-23H,3-11,24-25H2,1-2H3. The van der Waals surface area contributed by atoms with Gasteiger partial charge in [-0.25, -0.2) is 0 Å². The summed E-state index contributed by atoms with van der Waals surface area (Å²) in [6, 6.07) is 16.8. The molecular formula is C33H38F3NO2. The molecule has 6 heteroatoms. The predicted molar refractivity (Wildman–Crippen MR) is 151 cm³/mol. The molecule has 0 unspecified atom stereocenters. The number of benzene rings is 3. The summed E-state index contributed by atoms with van der Waals surface area (Å²) in [6.07, 6.45) is 6.66. The van der Waals surface area contributed by atoms with E-state index in [1.165, 1.54) is 69.1 Å². The first kappa shape index (κ1) is 30.2. The van der Waals surface area contributed by atoms with Crippen molar-refractivity contribution in [2.24, 2.45) is 0 Å². The molecule has 0 heterocycles. The Balaban J connectivity index is 1.67. The van der Waals surface area contributed by atoms with Crippen LogP contribution in [0.1, 0.15) is 93.9 Å². The highest BCUT2D eigenvalue weighted by Crippen LogP contribution is 2.30. The van der Waals surface area contributed by atoms with Gasteiger partial charge in [0.2, 0.25) is 0 Å². The van der Waals surface area contributed by atoms with Crippen LogP contribution < -0.4 is 0 Å². The molecule has 0 spiro atoms. The average Bonchev–Trinajstić information content (AvgIpc) is 2.90. The van der Waals surface area contributed by atoms with Gasteiger partial charge < -0.3 is 4.84 Å². The lowest BCUT2D eigenvalue weighted by Crippen LogP contribution is -2.25. The van der Waals surface area contributed by atoms with Gasteiger partial charge in [0, 0.05) is 18.9 Å². The molecule has 208 valence electrons. The molecule has 0 N–H and O–H groups in total.